The van der Waals surface area contributed by atoms with Gasteiger partial charge in [0.05, 0.1) is 17.7 Å². The van der Waals surface area contributed by atoms with Crippen LogP contribution in [-0.2, 0) is 9.05 Å². The highest BCUT2D eigenvalue weighted by atomic mass is 35.7. The average Bonchev–Trinajstić information content (AvgIpc) is 2.72. The third-order valence-electron chi connectivity index (χ3n) is 2.65. The molecule has 5 nitrogen and oxygen atoms in total. The van der Waals surface area contributed by atoms with Gasteiger partial charge < -0.3 is 9.15 Å². The smallest absolute Gasteiger partial charge is 0.246 e. The summed E-state index contributed by atoms with van der Waals surface area (Å²) in [5, 5.41) is 9.72. The molecule has 0 aliphatic rings. The van der Waals surface area contributed by atoms with E-state index in [-0.39, 0.29) is 24.0 Å². The van der Waals surface area contributed by atoms with Crippen molar-refractivity contribution >= 4 is 30.7 Å². The molecule has 0 saturated carbocycles. The zero-order valence-electron chi connectivity index (χ0n) is 10.7. The minimum absolute atomic E-state index is 0.0760. The van der Waals surface area contributed by atoms with Crippen LogP contribution in [0.4, 0.5) is 0 Å². The number of hydrogen-bond acceptors (Lipinski definition) is 5. The normalized spacial score (nSPS) is 13.1. The van der Waals surface area contributed by atoms with Crippen molar-refractivity contribution in [3.05, 3.63) is 30.0 Å². The van der Waals surface area contributed by atoms with Gasteiger partial charge in [-0.25, -0.2) is 8.42 Å². The van der Waals surface area contributed by atoms with Gasteiger partial charge in [-0.1, -0.05) is 19.1 Å². The lowest BCUT2D eigenvalue weighted by Gasteiger charge is -2.10. The van der Waals surface area contributed by atoms with Crippen molar-refractivity contribution in [2.24, 2.45) is 5.92 Å². The molecule has 0 amide bonds. The Morgan fingerprint density at radius 1 is 1.45 bits per heavy atom. The predicted octanol–water partition coefficient (Wildman–Crippen LogP) is 2.89. The molecule has 1 atom stereocenters. The summed E-state index contributed by atoms with van der Waals surface area (Å²) in [6.45, 7) is 1.83. The van der Waals surface area contributed by atoms with Gasteiger partial charge in [0.15, 0.2) is 5.75 Å². The molecule has 2 aromatic rings. The third-order valence-corrected chi connectivity index (χ3v) is 3.99. The van der Waals surface area contributed by atoms with Crippen LogP contribution < -0.4 is 4.74 Å². The summed E-state index contributed by atoms with van der Waals surface area (Å²) >= 11 is 0. The summed E-state index contributed by atoms with van der Waals surface area (Å²) in [7, 11) is 1.62. The first-order valence-corrected chi connectivity index (χ1v) is 8.35. The van der Waals surface area contributed by atoms with E-state index in [2.05, 4.69) is 0 Å². The fourth-order valence-electron chi connectivity index (χ4n) is 1.85. The van der Waals surface area contributed by atoms with E-state index in [1.165, 1.54) is 0 Å². The Balaban J connectivity index is 2.19. The maximum Gasteiger partial charge on any atom is 0.246 e. The zero-order chi connectivity index (χ0) is 14.8. The summed E-state index contributed by atoms with van der Waals surface area (Å²) in [6, 6.07) is 9.02. The molecule has 1 aromatic heterocycles. The van der Waals surface area contributed by atoms with Gasteiger partial charge >= 0.3 is 0 Å². The van der Waals surface area contributed by atoms with Crippen LogP contribution in [-0.4, -0.2) is 20.8 Å². The molecule has 7 heteroatoms. The highest BCUT2D eigenvalue weighted by Gasteiger charge is 2.18. The molecule has 0 radical (unpaired) electrons. The van der Waals surface area contributed by atoms with E-state index in [1.54, 1.807) is 31.2 Å². The second kappa shape index (κ2) is 5.73. The van der Waals surface area contributed by atoms with Crippen molar-refractivity contribution in [1.29, 1.82) is 5.26 Å². The number of nitriles is 1. The maximum atomic E-state index is 11.0. The van der Waals surface area contributed by atoms with E-state index in [1.807, 2.05) is 6.07 Å². The van der Waals surface area contributed by atoms with Crippen LogP contribution in [0.2, 0.25) is 0 Å². The Hall–Kier alpha value is -1.71. The monoisotopic (exact) mass is 313 g/mol. The van der Waals surface area contributed by atoms with Crippen molar-refractivity contribution in [3.8, 4) is 11.8 Å². The topological polar surface area (TPSA) is 80.3 Å². The molecule has 106 valence electrons. The molecular weight excluding hydrogens is 302 g/mol. The Bertz CT molecular complexity index is 760. The Labute approximate surface area is 121 Å². The number of fused-ring (bicyclic) bond motifs is 1. The van der Waals surface area contributed by atoms with Crippen LogP contribution in [0.15, 0.2) is 28.7 Å². The lowest BCUT2D eigenvalue weighted by atomic mass is 10.2. The number of hydrogen-bond donors (Lipinski definition) is 0. The quantitative estimate of drug-likeness (QED) is 0.793. The fourth-order valence-corrected chi connectivity index (χ4v) is 3.27. The van der Waals surface area contributed by atoms with Gasteiger partial charge in [0.25, 0.3) is 0 Å². The van der Waals surface area contributed by atoms with Gasteiger partial charge in [0, 0.05) is 16.6 Å². The molecule has 20 heavy (non-hydrogen) atoms. The van der Waals surface area contributed by atoms with Crippen molar-refractivity contribution in [2.45, 2.75) is 6.92 Å². The number of benzene rings is 1. The van der Waals surface area contributed by atoms with Gasteiger partial charge in [-0.15, -0.1) is 0 Å². The molecule has 1 aromatic carbocycles. The van der Waals surface area contributed by atoms with Crippen LogP contribution in [0.3, 0.4) is 0 Å². The molecule has 1 unspecified atom stereocenters. The second-order valence-corrected chi connectivity index (χ2v) is 7.31. The minimum Gasteiger partial charge on any atom is -0.488 e. The summed E-state index contributed by atoms with van der Waals surface area (Å²) in [5.74, 6) is -0.0709. The Morgan fingerprint density at radius 3 is 2.80 bits per heavy atom. The van der Waals surface area contributed by atoms with Crippen molar-refractivity contribution < 1.29 is 17.6 Å². The van der Waals surface area contributed by atoms with Gasteiger partial charge in [0.1, 0.15) is 11.7 Å². The second-order valence-electron chi connectivity index (χ2n) is 4.49. The van der Waals surface area contributed by atoms with E-state index in [0.29, 0.717) is 16.7 Å². The molecule has 0 fully saturated rings. The van der Waals surface area contributed by atoms with Gasteiger partial charge in [0.2, 0.25) is 14.8 Å². The number of furan rings is 1. The summed E-state index contributed by atoms with van der Waals surface area (Å²) in [6.07, 6.45) is 0. The number of ether oxygens (including phenoxy) is 1. The Morgan fingerprint density at radius 2 is 2.15 bits per heavy atom. The van der Waals surface area contributed by atoms with Crippen LogP contribution in [0.25, 0.3) is 11.0 Å². The molecule has 0 N–H and O–H groups in total. The highest BCUT2D eigenvalue weighted by molar-refractivity contribution is 8.13. The lowest BCUT2D eigenvalue weighted by molar-refractivity contribution is 0.271. The lowest BCUT2D eigenvalue weighted by Crippen LogP contribution is -2.16. The number of nitrogens with zero attached hydrogens (tertiary/aromatic N) is 1. The molecule has 1 heterocycles. The van der Waals surface area contributed by atoms with Gasteiger partial charge in [-0.3, -0.25) is 0 Å². The number of rotatable bonds is 5. The first-order valence-electron chi connectivity index (χ1n) is 5.87. The molecular formula is C13H12ClNO4S. The minimum atomic E-state index is -3.57. The molecule has 0 spiro atoms. The van der Waals surface area contributed by atoms with Crippen molar-refractivity contribution in [2.75, 3.05) is 12.4 Å². The SMILES string of the molecule is CC(COc1c(C#N)oc2ccccc12)CS(=O)(=O)Cl. The van der Waals surface area contributed by atoms with Crippen molar-refractivity contribution in [1.82, 2.24) is 0 Å². The van der Waals surface area contributed by atoms with Crippen LogP contribution in [0.5, 0.6) is 5.75 Å². The van der Waals surface area contributed by atoms with E-state index in [4.69, 9.17) is 25.1 Å². The third kappa shape index (κ3) is 3.44. The number of halogens is 1. The predicted molar refractivity (Wildman–Crippen MR) is 75.2 cm³/mol. The highest BCUT2D eigenvalue weighted by Crippen LogP contribution is 2.32. The standard InChI is InChI=1S/C13H12ClNO4S/c1-9(8-20(14,16)17)7-18-13-10-4-2-3-5-11(10)19-12(13)6-15/h2-5,9H,7-8H2,1H3. The summed E-state index contributed by atoms with van der Waals surface area (Å²) in [5.41, 5.74) is 0.552. The average molecular weight is 314 g/mol. The molecule has 0 aliphatic heterocycles. The first-order chi connectivity index (χ1) is 9.40. The summed E-state index contributed by atoms with van der Waals surface area (Å²) in [4.78, 5) is 0. The summed E-state index contributed by atoms with van der Waals surface area (Å²) < 4.78 is 32.9. The molecule has 0 saturated heterocycles. The number of para-hydroxylation sites is 1. The molecule has 2 rings (SSSR count). The van der Waals surface area contributed by atoms with Gasteiger partial charge in [-0.05, 0) is 12.1 Å². The fraction of sp³-hybridized carbons (Fsp3) is 0.308. The van der Waals surface area contributed by atoms with E-state index in [0.717, 1.165) is 0 Å². The van der Waals surface area contributed by atoms with Crippen molar-refractivity contribution in [3.63, 3.8) is 0 Å². The van der Waals surface area contributed by atoms with Crippen LogP contribution >= 0.6 is 10.7 Å². The van der Waals surface area contributed by atoms with Gasteiger partial charge in [-0.2, -0.15) is 5.26 Å². The molecule has 0 bridgehead atoms. The van der Waals surface area contributed by atoms with E-state index < -0.39 is 9.05 Å². The van der Waals surface area contributed by atoms with Crippen LogP contribution in [0.1, 0.15) is 12.7 Å². The van der Waals surface area contributed by atoms with Crippen LogP contribution in [0, 0.1) is 17.2 Å². The first kappa shape index (κ1) is 14.7. The largest absolute Gasteiger partial charge is 0.488 e. The van der Waals surface area contributed by atoms with E-state index >= 15 is 0 Å². The Kier molecular flexibility index (Phi) is 4.21. The maximum absolute atomic E-state index is 11.0. The zero-order valence-corrected chi connectivity index (χ0v) is 12.2. The van der Waals surface area contributed by atoms with E-state index in [9.17, 15) is 8.42 Å². The molecule has 0 aliphatic carbocycles.